The smallest absolute Gasteiger partial charge is 0.259 e. The van der Waals surface area contributed by atoms with Gasteiger partial charge in [0.05, 0.1) is 6.33 Å². The van der Waals surface area contributed by atoms with Gasteiger partial charge in [-0.1, -0.05) is 18.2 Å². The fraction of sp³-hybridized carbons (Fsp3) is 0.353. The molecule has 2 aromatic heterocycles. The van der Waals surface area contributed by atoms with Gasteiger partial charge in [-0.15, -0.1) is 11.3 Å². The van der Waals surface area contributed by atoms with Gasteiger partial charge >= 0.3 is 0 Å². The molecule has 0 saturated carbocycles. The van der Waals surface area contributed by atoms with E-state index in [1.54, 1.807) is 11.5 Å². The van der Waals surface area contributed by atoms with E-state index in [1.165, 1.54) is 23.9 Å². The summed E-state index contributed by atoms with van der Waals surface area (Å²) in [5.74, 6) is 0. The predicted molar refractivity (Wildman–Crippen MR) is 99.2 cm³/mol. The minimum Gasteiger partial charge on any atom is -0.383 e. The number of hydrogen-bond acceptors (Lipinski definition) is 5. The number of imidazole rings is 1. The molecule has 0 bridgehead atoms. The molecule has 8 heteroatoms. The lowest BCUT2D eigenvalue weighted by Crippen LogP contribution is -2.38. The predicted octanol–water partition coefficient (Wildman–Crippen LogP) is 2.86. The number of benzene rings is 1. The first kappa shape index (κ1) is 18.1. The maximum absolute atomic E-state index is 12.4. The third-order valence-corrected chi connectivity index (χ3v) is 6.67. The number of thiophene rings is 1. The third-order valence-electron chi connectivity index (χ3n) is 4.01. The normalized spacial score (nSPS) is 14.9. The standard InChI is InChI=1S/C17H21N3O3S2/c1-12(2)20-9-16(18-11-20)25(22,23)19-10-17(3,21)15-8-13-6-4-5-7-14(13)24-15/h4-9,11-12,19,21H,10H2,1-3H3. The quantitative estimate of drug-likeness (QED) is 0.690. The molecule has 0 fully saturated rings. The molecule has 1 aromatic carbocycles. The van der Waals surface area contributed by atoms with Crippen LogP contribution in [0.1, 0.15) is 31.7 Å². The Bertz CT molecular complexity index is 954. The van der Waals surface area contributed by atoms with Gasteiger partial charge in [0.2, 0.25) is 0 Å². The van der Waals surface area contributed by atoms with Crippen LogP contribution in [0.4, 0.5) is 0 Å². The molecular formula is C17H21N3O3S2. The zero-order chi connectivity index (χ0) is 18.2. The van der Waals surface area contributed by atoms with Crippen LogP contribution in [-0.2, 0) is 15.6 Å². The SMILES string of the molecule is CC(C)n1cnc(S(=O)(=O)NCC(C)(O)c2cc3ccccc3s2)c1. The molecule has 2 N–H and O–H groups in total. The third kappa shape index (κ3) is 3.77. The molecule has 6 nitrogen and oxygen atoms in total. The van der Waals surface area contributed by atoms with Crippen molar-refractivity contribution in [1.82, 2.24) is 14.3 Å². The molecule has 1 atom stereocenters. The molecule has 25 heavy (non-hydrogen) atoms. The van der Waals surface area contributed by atoms with Crippen molar-refractivity contribution in [2.75, 3.05) is 6.54 Å². The molecule has 0 amide bonds. The number of sulfonamides is 1. The number of nitrogens with zero attached hydrogens (tertiary/aromatic N) is 2. The maximum atomic E-state index is 12.4. The highest BCUT2D eigenvalue weighted by Gasteiger charge is 2.29. The van der Waals surface area contributed by atoms with Crippen LogP contribution >= 0.6 is 11.3 Å². The van der Waals surface area contributed by atoms with E-state index in [0.29, 0.717) is 4.88 Å². The lowest BCUT2D eigenvalue weighted by Gasteiger charge is -2.21. The summed E-state index contributed by atoms with van der Waals surface area (Å²) in [6.07, 6.45) is 2.98. The monoisotopic (exact) mass is 379 g/mol. The fourth-order valence-corrected chi connectivity index (χ4v) is 4.55. The minimum absolute atomic E-state index is 0.0478. The Morgan fingerprint density at radius 2 is 2.08 bits per heavy atom. The van der Waals surface area contributed by atoms with Crippen LogP contribution in [0.15, 0.2) is 47.9 Å². The van der Waals surface area contributed by atoms with Crippen molar-refractivity contribution in [3.63, 3.8) is 0 Å². The lowest BCUT2D eigenvalue weighted by atomic mass is 10.1. The molecule has 0 aliphatic heterocycles. The van der Waals surface area contributed by atoms with E-state index in [0.717, 1.165) is 10.1 Å². The second-order valence-electron chi connectivity index (χ2n) is 6.50. The summed E-state index contributed by atoms with van der Waals surface area (Å²) >= 11 is 1.45. The summed E-state index contributed by atoms with van der Waals surface area (Å²) < 4.78 is 30.1. The summed E-state index contributed by atoms with van der Waals surface area (Å²) in [4.78, 5) is 4.66. The van der Waals surface area contributed by atoms with E-state index < -0.39 is 15.6 Å². The van der Waals surface area contributed by atoms with Gasteiger partial charge in [-0.2, -0.15) is 0 Å². The largest absolute Gasteiger partial charge is 0.383 e. The average Bonchev–Trinajstić information content (AvgIpc) is 3.20. The maximum Gasteiger partial charge on any atom is 0.259 e. The van der Waals surface area contributed by atoms with Crippen molar-refractivity contribution in [3.8, 4) is 0 Å². The van der Waals surface area contributed by atoms with Crippen molar-refractivity contribution in [1.29, 1.82) is 0 Å². The van der Waals surface area contributed by atoms with Gasteiger partial charge in [-0.3, -0.25) is 0 Å². The van der Waals surface area contributed by atoms with Crippen LogP contribution in [0.3, 0.4) is 0 Å². The highest BCUT2D eigenvalue weighted by molar-refractivity contribution is 7.89. The molecular weight excluding hydrogens is 358 g/mol. The van der Waals surface area contributed by atoms with Gasteiger partial charge in [-0.25, -0.2) is 18.1 Å². The summed E-state index contributed by atoms with van der Waals surface area (Å²) in [7, 11) is -3.78. The molecule has 134 valence electrons. The number of nitrogens with one attached hydrogen (secondary N) is 1. The molecule has 0 aliphatic rings. The van der Waals surface area contributed by atoms with Crippen molar-refractivity contribution in [2.24, 2.45) is 0 Å². The molecule has 3 aromatic rings. The summed E-state index contributed by atoms with van der Waals surface area (Å²) in [5.41, 5.74) is -1.31. The van der Waals surface area contributed by atoms with Crippen LogP contribution in [-0.4, -0.2) is 29.6 Å². The Kier molecular flexibility index (Phi) is 4.72. The number of hydrogen-bond donors (Lipinski definition) is 2. The molecule has 0 spiro atoms. The molecule has 0 aliphatic carbocycles. The second kappa shape index (κ2) is 6.53. The zero-order valence-corrected chi connectivity index (χ0v) is 15.9. The number of aliphatic hydroxyl groups is 1. The van der Waals surface area contributed by atoms with Crippen LogP contribution in [0.25, 0.3) is 10.1 Å². The Balaban J connectivity index is 1.78. The van der Waals surface area contributed by atoms with E-state index in [1.807, 2.05) is 44.2 Å². The van der Waals surface area contributed by atoms with E-state index in [2.05, 4.69) is 9.71 Å². The number of fused-ring (bicyclic) bond motifs is 1. The van der Waals surface area contributed by atoms with E-state index >= 15 is 0 Å². The second-order valence-corrected chi connectivity index (χ2v) is 9.30. The molecule has 0 saturated heterocycles. The Morgan fingerprint density at radius 3 is 2.72 bits per heavy atom. The zero-order valence-electron chi connectivity index (χ0n) is 14.3. The van der Waals surface area contributed by atoms with Crippen LogP contribution in [0, 0.1) is 0 Å². The number of rotatable bonds is 6. The molecule has 3 rings (SSSR count). The summed E-state index contributed by atoms with van der Waals surface area (Å²) in [6.45, 7) is 5.36. The summed E-state index contributed by atoms with van der Waals surface area (Å²) in [6, 6.07) is 9.82. The van der Waals surface area contributed by atoms with Crippen molar-refractivity contribution in [2.45, 2.75) is 37.4 Å². The first-order chi connectivity index (χ1) is 11.7. The Morgan fingerprint density at radius 1 is 1.36 bits per heavy atom. The van der Waals surface area contributed by atoms with Crippen LogP contribution in [0.5, 0.6) is 0 Å². The van der Waals surface area contributed by atoms with Gasteiger partial charge in [0.15, 0.2) is 5.03 Å². The van der Waals surface area contributed by atoms with E-state index in [-0.39, 0.29) is 17.6 Å². The molecule has 0 radical (unpaired) electrons. The highest BCUT2D eigenvalue weighted by Crippen LogP contribution is 2.33. The van der Waals surface area contributed by atoms with Crippen LogP contribution < -0.4 is 4.72 Å². The van der Waals surface area contributed by atoms with Crippen molar-refractivity contribution in [3.05, 3.63) is 47.7 Å². The van der Waals surface area contributed by atoms with E-state index in [9.17, 15) is 13.5 Å². The van der Waals surface area contributed by atoms with Crippen molar-refractivity contribution < 1.29 is 13.5 Å². The minimum atomic E-state index is -3.78. The lowest BCUT2D eigenvalue weighted by molar-refractivity contribution is 0.0666. The van der Waals surface area contributed by atoms with Crippen LogP contribution in [0.2, 0.25) is 0 Å². The van der Waals surface area contributed by atoms with Gasteiger partial charge in [0.25, 0.3) is 10.0 Å². The highest BCUT2D eigenvalue weighted by atomic mass is 32.2. The first-order valence-electron chi connectivity index (χ1n) is 7.94. The van der Waals surface area contributed by atoms with E-state index in [4.69, 9.17) is 0 Å². The Hall–Kier alpha value is -1.74. The topological polar surface area (TPSA) is 84.2 Å². The summed E-state index contributed by atoms with van der Waals surface area (Å²) in [5, 5.41) is 11.7. The average molecular weight is 380 g/mol. The van der Waals surface area contributed by atoms with Gasteiger partial charge in [-0.05, 0) is 38.3 Å². The van der Waals surface area contributed by atoms with Gasteiger partial charge < -0.3 is 9.67 Å². The van der Waals surface area contributed by atoms with Crippen molar-refractivity contribution >= 4 is 31.4 Å². The van der Waals surface area contributed by atoms with Gasteiger partial charge in [0, 0.05) is 28.4 Å². The fourth-order valence-electron chi connectivity index (χ4n) is 2.38. The Labute approximate surface area is 151 Å². The molecule has 2 heterocycles. The molecule has 1 unspecified atom stereocenters. The van der Waals surface area contributed by atoms with Gasteiger partial charge in [0.1, 0.15) is 5.60 Å². The number of aromatic nitrogens is 2. The first-order valence-corrected chi connectivity index (χ1v) is 10.2.